The van der Waals surface area contributed by atoms with Gasteiger partial charge in [0.15, 0.2) is 0 Å². The molecule has 0 radical (unpaired) electrons. The number of rotatable bonds is 26. The van der Waals surface area contributed by atoms with Gasteiger partial charge in [0, 0.05) is 6.04 Å². The fourth-order valence-electron chi connectivity index (χ4n) is 5.87. The van der Waals surface area contributed by atoms with E-state index in [-0.39, 0.29) is 0 Å². The van der Waals surface area contributed by atoms with Crippen LogP contribution < -0.4 is 0 Å². The molecule has 0 saturated heterocycles. The van der Waals surface area contributed by atoms with Crippen LogP contribution in [0.5, 0.6) is 0 Å². The van der Waals surface area contributed by atoms with Gasteiger partial charge in [0.1, 0.15) is 0 Å². The van der Waals surface area contributed by atoms with E-state index in [4.69, 9.17) is 0 Å². The Morgan fingerprint density at radius 1 is 0.485 bits per heavy atom. The van der Waals surface area contributed by atoms with Crippen LogP contribution in [0.4, 0.5) is 0 Å². The first-order valence-corrected chi connectivity index (χ1v) is 15.8. The molecule has 0 bridgehead atoms. The summed E-state index contributed by atoms with van der Waals surface area (Å²) in [6.45, 7) is 4.62. The van der Waals surface area contributed by atoms with Gasteiger partial charge in [-0.05, 0) is 45.2 Å². The third kappa shape index (κ3) is 18.9. The lowest BCUT2D eigenvalue weighted by atomic mass is 9.99. The van der Waals surface area contributed by atoms with Gasteiger partial charge in [0.05, 0.1) is 0 Å². The lowest BCUT2D eigenvalue weighted by Gasteiger charge is -2.24. The maximum atomic E-state index is 2.50. The van der Waals surface area contributed by atoms with E-state index in [1.807, 2.05) is 0 Å². The van der Waals surface area contributed by atoms with Gasteiger partial charge in [-0.15, -0.1) is 0 Å². The van der Waals surface area contributed by atoms with Crippen LogP contribution in [0, 0.1) is 11.8 Å². The second-order valence-corrected chi connectivity index (χ2v) is 11.9. The summed E-state index contributed by atoms with van der Waals surface area (Å²) in [7, 11) is 4.60. The molecule has 1 aliphatic carbocycles. The van der Waals surface area contributed by atoms with Gasteiger partial charge < -0.3 is 4.90 Å². The molecule has 1 saturated carbocycles. The normalized spacial score (nSPS) is 18.8. The summed E-state index contributed by atoms with van der Waals surface area (Å²) in [5.41, 5.74) is 0. The van der Waals surface area contributed by atoms with Crippen molar-refractivity contribution in [3.05, 3.63) is 0 Å². The summed E-state index contributed by atoms with van der Waals surface area (Å²) in [6.07, 6.45) is 36.7. The first-order valence-electron chi connectivity index (χ1n) is 15.8. The van der Waals surface area contributed by atoms with Gasteiger partial charge in [-0.2, -0.15) is 0 Å². The van der Waals surface area contributed by atoms with Gasteiger partial charge >= 0.3 is 0 Å². The van der Waals surface area contributed by atoms with Crippen molar-refractivity contribution in [3.63, 3.8) is 0 Å². The van der Waals surface area contributed by atoms with Crippen molar-refractivity contribution in [1.82, 2.24) is 4.90 Å². The van der Waals surface area contributed by atoms with Gasteiger partial charge in [-0.25, -0.2) is 0 Å². The molecule has 198 valence electrons. The molecule has 1 fully saturated rings. The maximum absolute atomic E-state index is 2.50. The van der Waals surface area contributed by atoms with Gasteiger partial charge in [0.25, 0.3) is 0 Å². The van der Waals surface area contributed by atoms with E-state index in [1.54, 1.807) is 19.3 Å². The highest BCUT2D eigenvalue weighted by molar-refractivity contribution is 4.85. The first kappa shape index (κ1) is 31.0. The van der Waals surface area contributed by atoms with Crippen LogP contribution >= 0.6 is 0 Å². The van der Waals surface area contributed by atoms with Crippen molar-refractivity contribution in [3.8, 4) is 0 Å². The Hall–Kier alpha value is -0.0400. The van der Waals surface area contributed by atoms with Crippen LogP contribution in [-0.2, 0) is 0 Å². The van der Waals surface area contributed by atoms with E-state index in [9.17, 15) is 0 Å². The zero-order valence-electron chi connectivity index (χ0n) is 23.9. The fraction of sp³-hybridized carbons (Fsp3) is 1.00. The molecule has 0 aromatic heterocycles. The van der Waals surface area contributed by atoms with Crippen molar-refractivity contribution < 1.29 is 0 Å². The molecule has 1 aliphatic rings. The Morgan fingerprint density at radius 2 is 0.818 bits per heavy atom. The third-order valence-electron chi connectivity index (χ3n) is 8.48. The summed E-state index contributed by atoms with van der Waals surface area (Å²) in [6, 6.07) is 0.823. The smallest absolute Gasteiger partial charge is 0.00891 e. The second-order valence-electron chi connectivity index (χ2n) is 11.9. The highest BCUT2D eigenvalue weighted by Gasteiger charge is 2.34. The Bertz CT molecular complexity index is 390. The van der Waals surface area contributed by atoms with E-state index in [1.165, 1.54) is 141 Å². The summed E-state index contributed by atoms with van der Waals surface area (Å²) < 4.78 is 0. The standard InChI is InChI=1S/C32H65N/c1-5-7-9-11-13-14-15-19-23-27-32(33(3)4)28-24-20-16-18-22-26-31-29-30(31)25-21-17-12-10-8-6-2/h30-32H,5-29H2,1-4H3/t30-,31+,32?/m1/s1. The van der Waals surface area contributed by atoms with Crippen LogP contribution in [0.15, 0.2) is 0 Å². The van der Waals surface area contributed by atoms with Crippen LogP contribution in [-0.4, -0.2) is 25.0 Å². The molecule has 3 atom stereocenters. The van der Waals surface area contributed by atoms with Crippen molar-refractivity contribution in [2.45, 2.75) is 180 Å². The highest BCUT2D eigenvalue weighted by atomic mass is 15.1. The summed E-state index contributed by atoms with van der Waals surface area (Å²) >= 11 is 0. The molecule has 1 heteroatoms. The molecule has 0 N–H and O–H groups in total. The molecule has 1 rings (SSSR count). The molecule has 0 amide bonds. The molecular formula is C32H65N. The van der Waals surface area contributed by atoms with Crippen molar-refractivity contribution in [2.24, 2.45) is 11.8 Å². The molecule has 0 aromatic carbocycles. The second kappa shape index (κ2) is 22.4. The van der Waals surface area contributed by atoms with E-state index in [0.29, 0.717) is 0 Å². The lowest BCUT2D eigenvalue weighted by Crippen LogP contribution is -2.27. The van der Waals surface area contributed by atoms with Crippen molar-refractivity contribution >= 4 is 0 Å². The Balaban J connectivity index is 1.87. The zero-order valence-corrected chi connectivity index (χ0v) is 23.9. The molecule has 0 aromatic rings. The summed E-state index contributed by atoms with van der Waals surface area (Å²) in [5, 5.41) is 0. The molecule has 33 heavy (non-hydrogen) atoms. The molecule has 0 spiro atoms. The Kier molecular flexibility index (Phi) is 21.1. The van der Waals surface area contributed by atoms with Crippen LogP contribution in [0.1, 0.15) is 174 Å². The van der Waals surface area contributed by atoms with E-state index in [0.717, 1.165) is 17.9 Å². The predicted molar refractivity (Wildman–Crippen MR) is 151 cm³/mol. The van der Waals surface area contributed by atoms with E-state index >= 15 is 0 Å². The largest absolute Gasteiger partial charge is 0.306 e. The lowest BCUT2D eigenvalue weighted by molar-refractivity contribution is 0.251. The van der Waals surface area contributed by atoms with E-state index < -0.39 is 0 Å². The predicted octanol–water partition coefficient (Wildman–Crippen LogP) is 11.0. The Morgan fingerprint density at radius 3 is 1.18 bits per heavy atom. The summed E-state index contributed by atoms with van der Waals surface area (Å²) in [4.78, 5) is 2.50. The fourth-order valence-corrected chi connectivity index (χ4v) is 5.87. The zero-order chi connectivity index (χ0) is 24.0. The number of unbranched alkanes of at least 4 members (excludes halogenated alkanes) is 17. The third-order valence-corrected chi connectivity index (χ3v) is 8.48. The topological polar surface area (TPSA) is 3.24 Å². The van der Waals surface area contributed by atoms with Crippen molar-refractivity contribution in [1.29, 1.82) is 0 Å². The van der Waals surface area contributed by atoms with Gasteiger partial charge in [0.2, 0.25) is 0 Å². The minimum Gasteiger partial charge on any atom is -0.306 e. The van der Waals surface area contributed by atoms with Gasteiger partial charge in [-0.1, -0.05) is 155 Å². The van der Waals surface area contributed by atoms with Crippen LogP contribution in [0.2, 0.25) is 0 Å². The maximum Gasteiger partial charge on any atom is 0.00891 e. The molecule has 0 heterocycles. The molecule has 0 aliphatic heterocycles. The number of hydrogen-bond donors (Lipinski definition) is 0. The van der Waals surface area contributed by atoms with E-state index in [2.05, 4.69) is 32.8 Å². The molecule has 1 nitrogen and oxygen atoms in total. The SMILES string of the molecule is CCCCCCCCCCCC(CCCCCCC[C@H]1C[C@H]1CCCCCCCC)N(C)C. The van der Waals surface area contributed by atoms with Crippen LogP contribution in [0.25, 0.3) is 0 Å². The average Bonchev–Trinajstić information content (AvgIpc) is 3.56. The first-order chi connectivity index (χ1) is 16.2. The molecule has 1 unspecified atom stereocenters. The highest BCUT2D eigenvalue weighted by Crippen LogP contribution is 2.45. The van der Waals surface area contributed by atoms with Crippen LogP contribution in [0.3, 0.4) is 0 Å². The molecular weight excluding hydrogens is 398 g/mol. The van der Waals surface area contributed by atoms with Crippen molar-refractivity contribution in [2.75, 3.05) is 14.1 Å². The number of nitrogens with zero attached hydrogens (tertiary/aromatic N) is 1. The summed E-state index contributed by atoms with van der Waals surface area (Å²) in [5.74, 6) is 2.24. The quantitative estimate of drug-likeness (QED) is 0.115. The monoisotopic (exact) mass is 464 g/mol. The minimum absolute atomic E-state index is 0.823. The Labute approximate surface area is 211 Å². The minimum atomic E-state index is 0.823. The number of hydrogen-bond acceptors (Lipinski definition) is 1. The van der Waals surface area contributed by atoms with Gasteiger partial charge in [-0.3, -0.25) is 0 Å². The average molecular weight is 464 g/mol.